The third-order valence-corrected chi connectivity index (χ3v) is 5.94. The SMILES string of the molecule is O=C(O)CN(CC(=O)O)C1(/N=N/C2(N(CC(=O)O)CC(=O)O)C3=CC=C2C=C3)C2=CC=C1C=C2. The van der Waals surface area contributed by atoms with Crippen molar-refractivity contribution in [3.63, 3.8) is 0 Å². The summed E-state index contributed by atoms with van der Waals surface area (Å²) >= 11 is 0. The van der Waals surface area contributed by atoms with Crippen LogP contribution in [0.25, 0.3) is 0 Å². The molecule has 0 fully saturated rings. The first-order chi connectivity index (χ1) is 16.1. The van der Waals surface area contributed by atoms with Gasteiger partial charge in [-0.2, -0.15) is 10.2 Å². The summed E-state index contributed by atoms with van der Waals surface area (Å²) in [4.78, 5) is 48.6. The van der Waals surface area contributed by atoms with Crippen LogP contribution in [0.4, 0.5) is 0 Å². The van der Waals surface area contributed by atoms with E-state index >= 15 is 0 Å². The molecule has 0 aromatic rings. The van der Waals surface area contributed by atoms with E-state index in [4.69, 9.17) is 0 Å². The van der Waals surface area contributed by atoms with Crippen LogP contribution in [-0.2, 0) is 19.2 Å². The normalized spacial score (nSPS) is 20.2. The number of rotatable bonds is 12. The number of carboxylic acid groups (broad SMARTS) is 4. The number of fused-ring (bicyclic) bond motifs is 4. The van der Waals surface area contributed by atoms with Crippen molar-refractivity contribution in [3.05, 3.63) is 70.9 Å². The molecule has 4 bridgehead atoms. The van der Waals surface area contributed by atoms with E-state index in [0.29, 0.717) is 22.3 Å². The van der Waals surface area contributed by atoms with Crippen LogP contribution in [-0.4, -0.2) is 91.6 Å². The molecular weight excluding hydrogens is 448 g/mol. The first-order valence-corrected chi connectivity index (χ1v) is 10.1. The lowest BCUT2D eigenvalue weighted by molar-refractivity contribution is -0.146. The Balaban J connectivity index is 1.84. The second-order valence-electron chi connectivity index (χ2n) is 7.99. The lowest BCUT2D eigenvalue weighted by atomic mass is 9.99. The van der Waals surface area contributed by atoms with Gasteiger partial charge in [0.15, 0.2) is 11.3 Å². The van der Waals surface area contributed by atoms with Gasteiger partial charge < -0.3 is 20.4 Å². The number of hydrogen-bond acceptors (Lipinski definition) is 8. The van der Waals surface area contributed by atoms with Gasteiger partial charge in [-0.25, -0.2) is 9.80 Å². The van der Waals surface area contributed by atoms with Crippen LogP contribution in [0.2, 0.25) is 0 Å². The largest absolute Gasteiger partial charge is 0.480 e. The third kappa shape index (κ3) is 3.58. The number of hydrogen-bond donors (Lipinski definition) is 4. The average Bonchev–Trinajstić information content (AvgIpc) is 3.47. The highest BCUT2D eigenvalue weighted by Gasteiger charge is 2.53. The van der Waals surface area contributed by atoms with Gasteiger partial charge in [-0.1, -0.05) is 48.6 Å². The van der Waals surface area contributed by atoms with Gasteiger partial charge >= 0.3 is 23.9 Å². The molecule has 0 aromatic heterocycles. The van der Waals surface area contributed by atoms with Gasteiger partial charge in [0.05, 0.1) is 26.2 Å². The zero-order chi connectivity index (χ0) is 24.7. The first-order valence-electron chi connectivity index (χ1n) is 10.1. The van der Waals surface area contributed by atoms with Gasteiger partial charge in [-0.05, 0) is 0 Å². The molecule has 0 aromatic carbocycles. The molecule has 0 saturated carbocycles. The minimum atomic E-state index is -1.56. The van der Waals surface area contributed by atoms with Crippen LogP contribution in [0.15, 0.2) is 81.1 Å². The minimum Gasteiger partial charge on any atom is -0.480 e. The summed E-state index contributed by atoms with van der Waals surface area (Å²) in [5.74, 6) is -5.09. The van der Waals surface area contributed by atoms with Crippen LogP contribution in [0.5, 0.6) is 0 Å². The molecule has 4 rings (SSSR count). The quantitative estimate of drug-likeness (QED) is 0.297. The van der Waals surface area contributed by atoms with Gasteiger partial charge in [-0.3, -0.25) is 19.2 Å². The van der Waals surface area contributed by atoms with E-state index in [2.05, 4.69) is 10.2 Å². The summed E-state index contributed by atoms with van der Waals surface area (Å²) in [7, 11) is 0. The van der Waals surface area contributed by atoms with E-state index in [1.54, 1.807) is 48.6 Å². The number of allylic oxidation sites excluding steroid dienone is 4. The van der Waals surface area contributed by atoms with E-state index in [1.165, 1.54) is 0 Å². The Morgan fingerprint density at radius 2 is 0.794 bits per heavy atom. The van der Waals surface area contributed by atoms with Crippen molar-refractivity contribution in [2.45, 2.75) is 11.3 Å². The Kier molecular flexibility index (Phi) is 5.63. The maximum atomic E-state index is 11.6. The van der Waals surface area contributed by atoms with Crippen molar-refractivity contribution in [1.29, 1.82) is 0 Å². The Morgan fingerprint density at radius 1 is 0.559 bits per heavy atom. The van der Waals surface area contributed by atoms with Gasteiger partial charge in [-0.15, -0.1) is 0 Å². The van der Waals surface area contributed by atoms with Crippen LogP contribution in [0, 0.1) is 0 Å². The molecule has 12 heteroatoms. The molecule has 0 heterocycles. The monoisotopic (exact) mass is 468 g/mol. The van der Waals surface area contributed by atoms with Crippen molar-refractivity contribution in [2.24, 2.45) is 10.2 Å². The van der Waals surface area contributed by atoms with Crippen molar-refractivity contribution in [1.82, 2.24) is 9.80 Å². The maximum absolute atomic E-state index is 11.6. The molecule has 176 valence electrons. The summed E-state index contributed by atoms with van der Waals surface area (Å²) in [5.41, 5.74) is -1.15. The fourth-order valence-electron chi connectivity index (χ4n) is 4.66. The highest BCUT2D eigenvalue weighted by molar-refractivity contribution is 5.76. The fraction of sp³-hybridized carbons (Fsp3) is 0.273. The Labute approximate surface area is 192 Å². The zero-order valence-corrected chi connectivity index (χ0v) is 17.7. The number of aliphatic carboxylic acids is 4. The zero-order valence-electron chi connectivity index (χ0n) is 17.7. The van der Waals surface area contributed by atoms with E-state index in [0.717, 1.165) is 9.80 Å². The average molecular weight is 468 g/mol. The van der Waals surface area contributed by atoms with Gasteiger partial charge in [0.25, 0.3) is 0 Å². The summed E-state index contributed by atoms with van der Waals surface area (Å²) in [5, 5.41) is 46.8. The molecule has 0 radical (unpaired) electrons. The van der Waals surface area contributed by atoms with Crippen molar-refractivity contribution < 1.29 is 39.6 Å². The molecular formula is C22H20N4O8. The highest BCUT2D eigenvalue weighted by atomic mass is 16.4. The van der Waals surface area contributed by atoms with E-state index in [9.17, 15) is 39.6 Å². The number of nitrogens with zero attached hydrogens (tertiary/aromatic N) is 4. The maximum Gasteiger partial charge on any atom is 0.317 e. The van der Waals surface area contributed by atoms with Crippen LogP contribution in [0.3, 0.4) is 0 Å². The lowest BCUT2D eigenvalue weighted by Gasteiger charge is -2.39. The Bertz CT molecular complexity index is 1040. The van der Waals surface area contributed by atoms with Crippen LogP contribution >= 0.6 is 0 Å². The topological polar surface area (TPSA) is 180 Å². The second-order valence-corrected chi connectivity index (χ2v) is 7.99. The molecule has 0 spiro atoms. The van der Waals surface area contributed by atoms with Crippen molar-refractivity contribution in [2.75, 3.05) is 26.2 Å². The molecule has 0 unspecified atom stereocenters. The molecule has 12 nitrogen and oxygen atoms in total. The first kappa shape index (κ1) is 23.0. The molecule has 0 saturated heterocycles. The molecule has 0 amide bonds. The van der Waals surface area contributed by atoms with Crippen LogP contribution in [0.1, 0.15) is 0 Å². The smallest absolute Gasteiger partial charge is 0.317 e. The molecule has 0 atom stereocenters. The van der Waals surface area contributed by atoms with Crippen molar-refractivity contribution >= 4 is 23.9 Å². The van der Waals surface area contributed by atoms with Crippen molar-refractivity contribution in [3.8, 4) is 0 Å². The predicted octanol–water partition coefficient (Wildman–Crippen LogP) is 0.646. The third-order valence-electron chi connectivity index (χ3n) is 5.94. The second kappa shape index (κ2) is 8.32. The van der Waals surface area contributed by atoms with Gasteiger partial charge in [0.2, 0.25) is 0 Å². The molecule has 4 aliphatic carbocycles. The minimum absolute atomic E-state index is 0.494. The summed E-state index contributed by atoms with van der Waals surface area (Å²) in [6.07, 6.45) is 13.4. The number of carboxylic acids is 4. The number of azo groups is 1. The van der Waals surface area contributed by atoms with E-state index in [-0.39, 0.29) is 0 Å². The summed E-state index contributed by atoms with van der Waals surface area (Å²) in [6.45, 7) is -2.64. The predicted molar refractivity (Wildman–Crippen MR) is 115 cm³/mol. The Hall–Kier alpha value is -4.16. The van der Waals surface area contributed by atoms with Gasteiger partial charge in [0.1, 0.15) is 0 Å². The molecule has 0 aliphatic heterocycles. The van der Waals surface area contributed by atoms with E-state index in [1.807, 2.05) is 0 Å². The van der Waals surface area contributed by atoms with E-state index < -0.39 is 61.4 Å². The Morgan fingerprint density at radius 3 is 0.971 bits per heavy atom. The molecule has 34 heavy (non-hydrogen) atoms. The van der Waals surface area contributed by atoms with Gasteiger partial charge in [0, 0.05) is 22.3 Å². The number of carbonyl (C=O) groups is 4. The summed E-state index contributed by atoms with van der Waals surface area (Å²) < 4.78 is 0. The highest BCUT2D eigenvalue weighted by Crippen LogP contribution is 2.49. The lowest BCUT2D eigenvalue weighted by Crippen LogP contribution is -2.54. The summed E-state index contributed by atoms with van der Waals surface area (Å²) in [6, 6.07) is 0. The fourth-order valence-corrected chi connectivity index (χ4v) is 4.66. The van der Waals surface area contributed by atoms with Crippen LogP contribution < -0.4 is 0 Å². The molecule has 4 aliphatic rings. The molecule has 4 N–H and O–H groups in total. The standard InChI is InChI=1S/C22H20N4O8/c27-17(28)9-25(10-18(29)30)21(13-1-2-14(21)4-3-13)23-24-22(15-5-6-16(22)8-7-15)26(11-19(31)32)12-20(33)34/h1-8H,9-12H2,(H,27,28)(H,29,30)(H,31,32)(H,33,34)/b24-23+.